The molecule has 0 aliphatic carbocycles. The number of aromatic nitrogens is 2. The minimum absolute atomic E-state index is 0.0741. The molecule has 7 nitrogen and oxygen atoms in total. The van der Waals surface area contributed by atoms with E-state index in [9.17, 15) is 4.79 Å². The van der Waals surface area contributed by atoms with Crippen LogP contribution in [-0.2, 0) is 5.75 Å². The van der Waals surface area contributed by atoms with E-state index in [0.29, 0.717) is 23.0 Å². The summed E-state index contributed by atoms with van der Waals surface area (Å²) in [5, 5.41) is 12.8. The number of thiophene rings is 1. The van der Waals surface area contributed by atoms with E-state index >= 15 is 0 Å². The van der Waals surface area contributed by atoms with Gasteiger partial charge in [-0.3, -0.25) is 0 Å². The molecule has 4 rings (SSSR count). The average Bonchev–Trinajstić information content (AvgIpc) is 3.39. The number of carboxylic acid groups (broad SMARTS) is 1. The molecule has 0 aliphatic rings. The van der Waals surface area contributed by atoms with Crippen molar-refractivity contribution in [1.82, 2.24) is 9.97 Å². The molecule has 0 bridgehead atoms. The van der Waals surface area contributed by atoms with Crippen LogP contribution in [0.1, 0.15) is 16.3 Å². The number of ether oxygens (including phenoxy) is 2. The van der Waals surface area contributed by atoms with Crippen LogP contribution in [-0.4, -0.2) is 35.3 Å². The van der Waals surface area contributed by atoms with Gasteiger partial charge >= 0.3 is 5.97 Å². The Balaban J connectivity index is 1.69. The highest BCUT2D eigenvalue weighted by Gasteiger charge is 2.16. The number of carboxylic acids is 1. The fraction of sp³-hybridized carbons (Fsp3) is 0.150. The van der Waals surface area contributed by atoms with Gasteiger partial charge in [-0.2, -0.15) is 0 Å². The van der Waals surface area contributed by atoms with Crippen molar-refractivity contribution in [3.05, 3.63) is 53.6 Å². The second-order valence-corrected chi connectivity index (χ2v) is 7.76. The lowest BCUT2D eigenvalue weighted by Gasteiger charge is -2.10. The number of rotatable bonds is 7. The highest BCUT2D eigenvalue weighted by molar-refractivity contribution is 7.98. The van der Waals surface area contributed by atoms with Crippen LogP contribution in [0.3, 0.4) is 0 Å². The quantitative estimate of drug-likeness (QED) is 0.326. The van der Waals surface area contributed by atoms with Crippen molar-refractivity contribution in [1.29, 1.82) is 0 Å². The van der Waals surface area contributed by atoms with Crippen molar-refractivity contribution in [2.45, 2.75) is 10.8 Å². The lowest BCUT2D eigenvalue weighted by Crippen LogP contribution is -1.92. The molecule has 0 amide bonds. The van der Waals surface area contributed by atoms with E-state index < -0.39 is 5.97 Å². The Morgan fingerprint density at radius 3 is 2.72 bits per heavy atom. The molecule has 4 aromatic rings. The molecule has 1 aromatic carbocycles. The Morgan fingerprint density at radius 1 is 1.17 bits per heavy atom. The van der Waals surface area contributed by atoms with Crippen LogP contribution in [0.4, 0.5) is 0 Å². The van der Waals surface area contributed by atoms with E-state index in [1.54, 1.807) is 20.3 Å². The molecule has 0 atom stereocenters. The monoisotopic (exact) mass is 428 g/mol. The van der Waals surface area contributed by atoms with E-state index in [1.165, 1.54) is 35.5 Å². The highest BCUT2D eigenvalue weighted by Crippen LogP contribution is 2.41. The van der Waals surface area contributed by atoms with Crippen molar-refractivity contribution in [2.75, 3.05) is 14.2 Å². The molecular weight excluding hydrogens is 412 g/mol. The molecule has 0 fully saturated rings. The number of hydrogen-bond donors (Lipinski definition) is 1. The molecule has 0 aliphatic heterocycles. The Morgan fingerprint density at radius 2 is 2.00 bits per heavy atom. The summed E-state index contributed by atoms with van der Waals surface area (Å²) in [6, 6.07) is 8.87. The van der Waals surface area contributed by atoms with E-state index in [2.05, 4.69) is 9.97 Å². The van der Waals surface area contributed by atoms with Gasteiger partial charge in [-0.25, -0.2) is 14.8 Å². The van der Waals surface area contributed by atoms with Gasteiger partial charge in [-0.1, -0.05) is 17.8 Å². The molecule has 3 aromatic heterocycles. The zero-order valence-corrected chi connectivity index (χ0v) is 17.2. The Labute approximate surface area is 174 Å². The van der Waals surface area contributed by atoms with Gasteiger partial charge in [0, 0.05) is 10.9 Å². The second-order valence-electron chi connectivity index (χ2n) is 5.94. The van der Waals surface area contributed by atoms with Gasteiger partial charge in [-0.15, -0.1) is 11.3 Å². The molecule has 0 unspecified atom stereocenters. The molecule has 3 heterocycles. The standard InChI is InChI=1S/C20H16N2O5S2/c1-25-14-5-3-11(7-16(14)26-2)13-9-29-19-17(13)18(21-10-22-19)28-8-12-4-6-15(27-12)20(23)24/h3-7,9-10H,8H2,1-2H3,(H,23,24). The zero-order valence-electron chi connectivity index (χ0n) is 15.5. The Hall–Kier alpha value is -3.04. The van der Waals surface area contributed by atoms with Crippen molar-refractivity contribution in [2.24, 2.45) is 0 Å². The first-order valence-electron chi connectivity index (χ1n) is 8.50. The number of furan rings is 1. The number of benzene rings is 1. The molecule has 29 heavy (non-hydrogen) atoms. The largest absolute Gasteiger partial charge is 0.493 e. The van der Waals surface area contributed by atoms with Crippen LogP contribution in [0.5, 0.6) is 11.5 Å². The van der Waals surface area contributed by atoms with Gasteiger partial charge in [-0.05, 0) is 29.8 Å². The Bertz CT molecular complexity index is 1180. The van der Waals surface area contributed by atoms with Gasteiger partial charge in [0.25, 0.3) is 0 Å². The van der Waals surface area contributed by atoms with Crippen LogP contribution in [0.25, 0.3) is 21.3 Å². The van der Waals surface area contributed by atoms with Crippen molar-refractivity contribution >= 4 is 39.3 Å². The fourth-order valence-corrected chi connectivity index (χ4v) is 4.77. The summed E-state index contributed by atoms with van der Waals surface area (Å²) in [4.78, 5) is 20.7. The molecule has 9 heteroatoms. The average molecular weight is 428 g/mol. The maximum Gasteiger partial charge on any atom is 0.371 e. The SMILES string of the molecule is COc1ccc(-c2csc3ncnc(SCc4ccc(C(=O)O)o4)c23)cc1OC. The summed E-state index contributed by atoms with van der Waals surface area (Å²) in [5.74, 6) is 1.18. The number of aromatic carboxylic acids is 1. The molecule has 0 saturated carbocycles. The molecule has 1 N–H and O–H groups in total. The summed E-state index contributed by atoms with van der Waals surface area (Å²) >= 11 is 3.01. The summed E-state index contributed by atoms with van der Waals surface area (Å²) in [6.07, 6.45) is 1.53. The molecule has 148 valence electrons. The van der Waals surface area contributed by atoms with E-state index in [-0.39, 0.29) is 5.76 Å². The van der Waals surface area contributed by atoms with Crippen molar-refractivity contribution in [3.8, 4) is 22.6 Å². The second kappa shape index (κ2) is 8.14. The van der Waals surface area contributed by atoms with Gasteiger partial charge < -0.3 is 19.0 Å². The van der Waals surface area contributed by atoms with Crippen LogP contribution >= 0.6 is 23.1 Å². The van der Waals surface area contributed by atoms with E-state index in [4.69, 9.17) is 19.0 Å². The minimum Gasteiger partial charge on any atom is -0.493 e. The van der Waals surface area contributed by atoms with Crippen LogP contribution < -0.4 is 9.47 Å². The summed E-state index contributed by atoms with van der Waals surface area (Å²) in [5.41, 5.74) is 1.97. The first kappa shape index (κ1) is 19.3. The first-order chi connectivity index (χ1) is 14.1. The number of nitrogens with zero attached hydrogens (tertiary/aromatic N) is 2. The minimum atomic E-state index is -1.08. The Kier molecular flexibility index (Phi) is 5.41. The van der Waals surface area contributed by atoms with E-state index in [1.807, 2.05) is 23.6 Å². The topological polar surface area (TPSA) is 94.7 Å². The van der Waals surface area contributed by atoms with Gasteiger partial charge in [0.2, 0.25) is 5.76 Å². The summed E-state index contributed by atoms with van der Waals surface area (Å²) in [7, 11) is 3.21. The first-order valence-corrected chi connectivity index (χ1v) is 10.4. The number of thioether (sulfide) groups is 1. The van der Waals surface area contributed by atoms with Gasteiger partial charge in [0.1, 0.15) is 21.9 Å². The zero-order chi connectivity index (χ0) is 20.4. The predicted octanol–water partition coefficient (Wildman–Crippen LogP) is 4.96. The number of carbonyl (C=O) groups is 1. The molecule has 0 radical (unpaired) electrons. The maximum atomic E-state index is 11.0. The molecular formula is C20H16N2O5S2. The number of fused-ring (bicyclic) bond motifs is 1. The van der Waals surface area contributed by atoms with Crippen LogP contribution in [0.2, 0.25) is 0 Å². The number of methoxy groups -OCH3 is 2. The van der Waals surface area contributed by atoms with Crippen LogP contribution in [0.15, 0.2) is 51.5 Å². The van der Waals surface area contributed by atoms with Gasteiger partial charge in [0.15, 0.2) is 11.5 Å². The van der Waals surface area contributed by atoms with Crippen LogP contribution in [0, 0.1) is 0 Å². The van der Waals surface area contributed by atoms with Crippen molar-refractivity contribution in [3.63, 3.8) is 0 Å². The van der Waals surface area contributed by atoms with Gasteiger partial charge in [0.05, 0.1) is 25.4 Å². The maximum absolute atomic E-state index is 11.0. The fourth-order valence-electron chi connectivity index (χ4n) is 2.88. The molecule has 0 spiro atoms. The summed E-state index contributed by atoms with van der Waals surface area (Å²) in [6.45, 7) is 0. The predicted molar refractivity (Wildman–Crippen MR) is 111 cm³/mol. The lowest BCUT2D eigenvalue weighted by atomic mass is 10.1. The normalized spacial score (nSPS) is 11.0. The highest BCUT2D eigenvalue weighted by atomic mass is 32.2. The third kappa shape index (κ3) is 3.79. The molecule has 0 saturated heterocycles. The number of hydrogen-bond acceptors (Lipinski definition) is 8. The van der Waals surface area contributed by atoms with E-state index in [0.717, 1.165) is 26.4 Å². The summed E-state index contributed by atoms with van der Waals surface area (Å²) < 4.78 is 16.1. The third-order valence-electron chi connectivity index (χ3n) is 4.25. The third-order valence-corrected chi connectivity index (χ3v) is 6.15. The lowest BCUT2D eigenvalue weighted by molar-refractivity contribution is 0.0661. The smallest absolute Gasteiger partial charge is 0.371 e. The van der Waals surface area contributed by atoms with Crippen molar-refractivity contribution < 1.29 is 23.8 Å².